The van der Waals surface area contributed by atoms with Crippen molar-refractivity contribution in [2.24, 2.45) is 0 Å². The molecule has 1 saturated heterocycles. The number of hydrogen-bond donors (Lipinski definition) is 2. The summed E-state index contributed by atoms with van der Waals surface area (Å²) in [5, 5.41) is 7.77. The van der Waals surface area contributed by atoms with Crippen LogP contribution in [0.3, 0.4) is 0 Å². The van der Waals surface area contributed by atoms with Crippen molar-refractivity contribution in [2.75, 3.05) is 54.6 Å². The molecule has 0 saturated carbocycles. The summed E-state index contributed by atoms with van der Waals surface area (Å²) in [6.07, 6.45) is 6.02. The van der Waals surface area contributed by atoms with Gasteiger partial charge in [-0.1, -0.05) is 6.92 Å². The van der Waals surface area contributed by atoms with Crippen molar-refractivity contribution in [2.45, 2.75) is 25.9 Å². The first-order valence-corrected chi connectivity index (χ1v) is 14.9. The van der Waals surface area contributed by atoms with Crippen molar-refractivity contribution in [3.63, 3.8) is 0 Å². The van der Waals surface area contributed by atoms with Crippen molar-refractivity contribution in [3.8, 4) is 5.75 Å². The third kappa shape index (κ3) is 5.94. The summed E-state index contributed by atoms with van der Waals surface area (Å²) in [5.74, 6) is 1.14. The Morgan fingerprint density at radius 1 is 1.18 bits per heavy atom. The van der Waals surface area contributed by atoms with E-state index in [0.717, 1.165) is 48.3 Å². The van der Waals surface area contributed by atoms with E-state index >= 15 is 0 Å². The number of anilines is 4. The number of aromatic nitrogens is 3. The van der Waals surface area contributed by atoms with Crippen LogP contribution in [-0.2, 0) is 16.6 Å². The number of nitrogens with zero attached hydrogens (tertiary/aromatic N) is 5. The van der Waals surface area contributed by atoms with Gasteiger partial charge >= 0.3 is 0 Å². The van der Waals surface area contributed by atoms with E-state index in [1.807, 2.05) is 22.9 Å². The molecule has 0 bridgehead atoms. The smallest absolute Gasteiger partial charge is 0.232 e. The van der Waals surface area contributed by atoms with Crippen LogP contribution >= 0.6 is 0 Å². The fourth-order valence-electron chi connectivity index (χ4n) is 4.86. The van der Waals surface area contributed by atoms with E-state index in [-0.39, 0.29) is 0 Å². The van der Waals surface area contributed by atoms with Crippen LogP contribution in [0.25, 0.3) is 11.0 Å². The Morgan fingerprint density at radius 3 is 2.69 bits per heavy atom. The third-order valence-electron chi connectivity index (χ3n) is 7.20. The number of nitrogens with one attached hydrogen (secondary N) is 2. The maximum Gasteiger partial charge on any atom is 0.232 e. The minimum Gasteiger partial charge on any atom is -0.497 e. The van der Waals surface area contributed by atoms with E-state index in [1.165, 1.54) is 16.2 Å². The van der Waals surface area contributed by atoms with Crippen LogP contribution in [0.1, 0.15) is 18.9 Å². The number of sulfonamides is 1. The van der Waals surface area contributed by atoms with E-state index in [9.17, 15) is 8.42 Å². The Labute approximate surface area is 229 Å². The van der Waals surface area contributed by atoms with Crippen LogP contribution in [-0.4, -0.2) is 69.0 Å². The first kappa shape index (κ1) is 26.8. The Morgan fingerprint density at radius 2 is 1.97 bits per heavy atom. The van der Waals surface area contributed by atoms with E-state index in [2.05, 4.69) is 51.7 Å². The average Bonchev–Trinajstić information content (AvgIpc) is 3.34. The first-order valence-electron chi connectivity index (χ1n) is 13.0. The van der Waals surface area contributed by atoms with Crippen LogP contribution < -0.4 is 24.6 Å². The molecule has 1 fully saturated rings. The zero-order valence-corrected chi connectivity index (χ0v) is 23.6. The summed E-state index contributed by atoms with van der Waals surface area (Å²) in [5.41, 5.74) is 4.23. The zero-order valence-electron chi connectivity index (χ0n) is 22.8. The van der Waals surface area contributed by atoms with Gasteiger partial charge in [0.25, 0.3) is 0 Å². The molecule has 5 rings (SSSR count). The molecule has 10 nitrogen and oxygen atoms in total. The van der Waals surface area contributed by atoms with Crippen LogP contribution in [0.5, 0.6) is 5.75 Å². The van der Waals surface area contributed by atoms with Gasteiger partial charge in [-0.05, 0) is 60.5 Å². The van der Waals surface area contributed by atoms with E-state index < -0.39 is 10.0 Å². The molecule has 3 heterocycles. The largest absolute Gasteiger partial charge is 0.497 e. The quantitative estimate of drug-likeness (QED) is 0.325. The molecule has 2 aromatic heterocycles. The lowest BCUT2D eigenvalue weighted by atomic mass is 10.1. The molecular formula is C28H35N7O3S. The highest BCUT2D eigenvalue weighted by Crippen LogP contribution is 2.29. The molecular weight excluding hydrogens is 514 g/mol. The van der Waals surface area contributed by atoms with E-state index in [1.54, 1.807) is 32.5 Å². The summed E-state index contributed by atoms with van der Waals surface area (Å²) in [4.78, 5) is 11.7. The summed E-state index contributed by atoms with van der Waals surface area (Å²) in [6.45, 7) is 5.62. The zero-order chi connectivity index (χ0) is 27.6. The predicted octanol–water partition coefficient (Wildman–Crippen LogP) is 3.82. The van der Waals surface area contributed by atoms with Crippen molar-refractivity contribution >= 4 is 44.1 Å². The van der Waals surface area contributed by atoms with E-state index in [4.69, 9.17) is 9.72 Å². The number of benzene rings is 2. The van der Waals surface area contributed by atoms with Crippen molar-refractivity contribution in [1.82, 2.24) is 19.9 Å². The van der Waals surface area contributed by atoms with Crippen LogP contribution in [0.15, 0.2) is 60.9 Å². The lowest BCUT2D eigenvalue weighted by Crippen LogP contribution is -2.50. The molecule has 0 spiro atoms. The molecule has 2 aromatic carbocycles. The Kier molecular flexibility index (Phi) is 7.62. The molecule has 1 unspecified atom stereocenters. The Hall–Kier alpha value is -3.83. The van der Waals surface area contributed by atoms with Gasteiger partial charge in [0.05, 0.1) is 25.6 Å². The standard InChI is InChI=1S/C28H35N7O3S/c1-5-22-19-34(15-13-29-22)24-8-6-23(7-9-24)31-28-30-17-20-12-14-35(27(20)32-28)18-21-16-25(38-3)10-11-26(21)33(2)39(4,36)37/h6-12,14,16-17,22,29H,5,13,15,18-19H2,1-4H3,(H,30,31,32). The molecule has 2 N–H and O–H groups in total. The maximum atomic E-state index is 12.3. The molecule has 0 amide bonds. The number of hydrogen-bond acceptors (Lipinski definition) is 8. The molecule has 1 atom stereocenters. The molecule has 206 valence electrons. The lowest BCUT2D eigenvalue weighted by molar-refractivity contribution is 0.414. The van der Waals surface area contributed by atoms with Gasteiger partial charge in [0.15, 0.2) is 0 Å². The van der Waals surface area contributed by atoms with Gasteiger partial charge in [-0.3, -0.25) is 4.31 Å². The van der Waals surface area contributed by atoms with Gasteiger partial charge in [0.2, 0.25) is 16.0 Å². The number of rotatable bonds is 9. The normalized spacial score (nSPS) is 15.9. The molecule has 0 aliphatic carbocycles. The van der Waals surface area contributed by atoms with Gasteiger partial charge in [0.1, 0.15) is 11.4 Å². The topological polar surface area (TPSA) is 105 Å². The van der Waals surface area contributed by atoms with Gasteiger partial charge in [-0.2, -0.15) is 4.98 Å². The first-order chi connectivity index (χ1) is 18.7. The molecule has 0 radical (unpaired) electrons. The van der Waals surface area contributed by atoms with Crippen molar-refractivity contribution in [1.29, 1.82) is 0 Å². The highest BCUT2D eigenvalue weighted by Gasteiger charge is 2.19. The predicted molar refractivity (Wildman–Crippen MR) is 157 cm³/mol. The molecule has 39 heavy (non-hydrogen) atoms. The van der Waals surface area contributed by atoms with Gasteiger partial charge in [0, 0.05) is 61.9 Å². The van der Waals surface area contributed by atoms with Crippen molar-refractivity contribution < 1.29 is 13.2 Å². The summed E-state index contributed by atoms with van der Waals surface area (Å²) < 4.78 is 33.2. The second-order valence-corrected chi connectivity index (χ2v) is 11.8. The minimum absolute atomic E-state index is 0.407. The van der Waals surface area contributed by atoms with Gasteiger partial charge in [-0.15, -0.1) is 0 Å². The number of ether oxygens (including phenoxy) is 1. The maximum absolute atomic E-state index is 12.3. The monoisotopic (exact) mass is 549 g/mol. The Balaban J connectivity index is 1.38. The van der Waals surface area contributed by atoms with Crippen LogP contribution in [0.4, 0.5) is 23.0 Å². The van der Waals surface area contributed by atoms with Crippen LogP contribution in [0, 0.1) is 0 Å². The highest BCUT2D eigenvalue weighted by atomic mass is 32.2. The van der Waals surface area contributed by atoms with Gasteiger partial charge in [-0.25, -0.2) is 13.4 Å². The van der Waals surface area contributed by atoms with Crippen molar-refractivity contribution in [3.05, 3.63) is 66.5 Å². The van der Waals surface area contributed by atoms with Crippen LogP contribution in [0.2, 0.25) is 0 Å². The second kappa shape index (κ2) is 11.1. The van der Waals surface area contributed by atoms with E-state index in [0.29, 0.717) is 30.0 Å². The minimum atomic E-state index is -3.43. The number of methoxy groups -OCH3 is 1. The molecule has 1 aliphatic heterocycles. The second-order valence-electron chi connectivity index (χ2n) is 9.82. The highest BCUT2D eigenvalue weighted by molar-refractivity contribution is 7.92. The molecule has 11 heteroatoms. The molecule has 4 aromatic rings. The Bertz CT molecular complexity index is 1550. The fourth-order valence-corrected chi connectivity index (χ4v) is 5.40. The number of fused-ring (bicyclic) bond motifs is 1. The molecule has 1 aliphatic rings. The number of piperazine rings is 1. The third-order valence-corrected chi connectivity index (χ3v) is 8.39. The lowest BCUT2D eigenvalue weighted by Gasteiger charge is -2.35. The SMILES string of the molecule is CCC1CN(c2ccc(Nc3ncc4ccn(Cc5cc(OC)ccc5N(C)S(C)(=O)=O)c4n3)cc2)CCN1. The summed E-state index contributed by atoms with van der Waals surface area (Å²) in [7, 11) is -0.293. The summed E-state index contributed by atoms with van der Waals surface area (Å²) >= 11 is 0. The fraction of sp³-hybridized carbons (Fsp3) is 0.357. The average molecular weight is 550 g/mol. The summed E-state index contributed by atoms with van der Waals surface area (Å²) in [6, 6.07) is 16.2. The van der Waals surface area contributed by atoms with Gasteiger partial charge < -0.3 is 24.8 Å².